The zero-order valence-electron chi connectivity index (χ0n) is 10.7. The Bertz CT molecular complexity index is 502. The Balaban J connectivity index is 2.54. The van der Waals surface area contributed by atoms with Crippen LogP contribution in [0.5, 0.6) is 11.5 Å². The van der Waals surface area contributed by atoms with Gasteiger partial charge in [0.2, 0.25) is 0 Å². The van der Waals surface area contributed by atoms with Gasteiger partial charge in [0, 0.05) is 6.04 Å². The Morgan fingerprint density at radius 1 is 0.842 bits per heavy atom. The van der Waals surface area contributed by atoms with Gasteiger partial charge in [0.25, 0.3) is 0 Å². The molecule has 0 aliphatic heterocycles. The summed E-state index contributed by atoms with van der Waals surface area (Å²) in [7, 11) is 0. The number of hydrogen-bond acceptors (Lipinski definition) is 4. The molecule has 0 spiro atoms. The number of rotatable bonds is 3. The van der Waals surface area contributed by atoms with Gasteiger partial charge in [-0.05, 0) is 42.3 Å². The second-order valence-electron chi connectivity index (χ2n) is 4.75. The number of nitrogens with two attached hydrogens (primary N) is 2. The highest BCUT2D eigenvalue weighted by Crippen LogP contribution is 2.31. The van der Waals surface area contributed by atoms with E-state index < -0.39 is 5.54 Å². The van der Waals surface area contributed by atoms with E-state index in [9.17, 15) is 10.2 Å². The minimum absolute atomic E-state index is 0.182. The van der Waals surface area contributed by atoms with E-state index in [-0.39, 0.29) is 17.5 Å². The number of phenols is 2. The van der Waals surface area contributed by atoms with E-state index in [0.717, 1.165) is 11.1 Å². The molecule has 0 aliphatic rings. The summed E-state index contributed by atoms with van der Waals surface area (Å²) < 4.78 is 0. The van der Waals surface area contributed by atoms with Crippen molar-refractivity contribution in [1.29, 1.82) is 0 Å². The molecule has 0 heterocycles. The van der Waals surface area contributed by atoms with Gasteiger partial charge in [-0.1, -0.05) is 24.3 Å². The third-order valence-corrected chi connectivity index (χ3v) is 3.41. The van der Waals surface area contributed by atoms with Crippen LogP contribution in [0, 0.1) is 0 Å². The Morgan fingerprint density at radius 2 is 1.16 bits per heavy atom. The number of phenolic OH excluding ortho intramolecular Hbond substituents is 2. The largest absolute Gasteiger partial charge is 0.508 e. The van der Waals surface area contributed by atoms with Crippen LogP contribution in [0.25, 0.3) is 0 Å². The average Bonchev–Trinajstić information content (AvgIpc) is 2.39. The molecular formula is C15H18N2O2. The molecule has 1 atom stereocenters. The van der Waals surface area contributed by atoms with Crippen LogP contribution in [0.1, 0.15) is 18.1 Å². The minimum atomic E-state index is -0.874. The molecule has 4 heteroatoms. The van der Waals surface area contributed by atoms with Crippen LogP contribution in [-0.2, 0) is 5.54 Å². The van der Waals surface area contributed by atoms with Crippen LogP contribution in [-0.4, -0.2) is 16.3 Å². The molecule has 0 radical (unpaired) electrons. The second-order valence-corrected chi connectivity index (χ2v) is 4.75. The lowest BCUT2D eigenvalue weighted by Gasteiger charge is -2.34. The normalized spacial score (nSPS) is 13.2. The highest BCUT2D eigenvalue weighted by atomic mass is 16.3. The first-order valence-electron chi connectivity index (χ1n) is 6.08. The summed E-state index contributed by atoms with van der Waals surface area (Å²) in [5, 5.41) is 18.7. The number of hydrogen-bond donors (Lipinski definition) is 4. The van der Waals surface area contributed by atoms with Crippen molar-refractivity contribution in [2.75, 3.05) is 0 Å². The van der Waals surface area contributed by atoms with Gasteiger partial charge in [-0.3, -0.25) is 0 Å². The zero-order valence-corrected chi connectivity index (χ0v) is 10.7. The van der Waals surface area contributed by atoms with Gasteiger partial charge in [-0.2, -0.15) is 0 Å². The maximum Gasteiger partial charge on any atom is 0.115 e. The van der Waals surface area contributed by atoms with Gasteiger partial charge in [0.05, 0.1) is 5.54 Å². The van der Waals surface area contributed by atoms with E-state index in [4.69, 9.17) is 11.5 Å². The topological polar surface area (TPSA) is 92.5 Å². The van der Waals surface area contributed by atoms with E-state index in [0.29, 0.717) is 0 Å². The van der Waals surface area contributed by atoms with E-state index >= 15 is 0 Å². The minimum Gasteiger partial charge on any atom is -0.508 e. The molecular weight excluding hydrogens is 240 g/mol. The number of benzene rings is 2. The number of aromatic hydroxyl groups is 2. The van der Waals surface area contributed by atoms with E-state index in [1.54, 1.807) is 48.5 Å². The maximum absolute atomic E-state index is 9.36. The Labute approximate surface area is 112 Å². The molecule has 0 amide bonds. The van der Waals surface area contributed by atoms with Gasteiger partial charge in [0.1, 0.15) is 11.5 Å². The first kappa shape index (κ1) is 13.4. The quantitative estimate of drug-likeness (QED) is 0.673. The van der Waals surface area contributed by atoms with Crippen molar-refractivity contribution in [2.24, 2.45) is 11.5 Å². The molecule has 1 unspecified atom stereocenters. The summed E-state index contributed by atoms with van der Waals surface area (Å²) in [6.45, 7) is 1.83. The third kappa shape index (κ3) is 2.41. The molecule has 19 heavy (non-hydrogen) atoms. The fourth-order valence-corrected chi connectivity index (χ4v) is 2.17. The molecule has 6 N–H and O–H groups in total. The molecule has 0 saturated carbocycles. The lowest BCUT2D eigenvalue weighted by Crippen LogP contribution is -2.51. The third-order valence-electron chi connectivity index (χ3n) is 3.41. The van der Waals surface area contributed by atoms with Crippen molar-refractivity contribution < 1.29 is 10.2 Å². The van der Waals surface area contributed by atoms with Gasteiger partial charge in [0.15, 0.2) is 0 Å². The lowest BCUT2D eigenvalue weighted by atomic mass is 9.78. The van der Waals surface area contributed by atoms with Crippen molar-refractivity contribution in [3.8, 4) is 11.5 Å². The lowest BCUT2D eigenvalue weighted by molar-refractivity contribution is 0.440. The van der Waals surface area contributed by atoms with Gasteiger partial charge < -0.3 is 21.7 Å². The van der Waals surface area contributed by atoms with E-state index in [1.165, 1.54) is 0 Å². The van der Waals surface area contributed by atoms with Crippen LogP contribution < -0.4 is 11.5 Å². The van der Waals surface area contributed by atoms with Gasteiger partial charge >= 0.3 is 0 Å². The second kappa shape index (κ2) is 4.91. The first-order valence-corrected chi connectivity index (χ1v) is 6.08. The molecule has 2 rings (SSSR count). The first-order chi connectivity index (χ1) is 8.94. The van der Waals surface area contributed by atoms with Gasteiger partial charge in [-0.25, -0.2) is 0 Å². The summed E-state index contributed by atoms with van der Waals surface area (Å²) in [5.41, 5.74) is 13.3. The predicted molar refractivity (Wildman–Crippen MR) is 74.8 cm³/mol. The molecule has 0 saturated heterocycles. The van der Waals surface area contributed by atoms with E-state index in [1.807, 2.05) is 6.92 Å². The summed E-state index contributed by atoms with van der Waals surface area (Å²) in [6, 6.07) is 13.0. The predicted octanol–water partition coefficient (Wildman–Crippen LogP) is 1.65. The van der Waals surface area contributed by atoms with Crippen LogP contribution in [0.15, 0.2) is 48.5 Å². The van der Waals surface area contributed by atoms with Gasteiger partial charge in [-0.15, -0.1) is 0 Å². The van der Waals surface area contributed by atoms with Crippen LogP contribution >= 0.6 is 0 Å². The Kier molecular flexibility index (Phi) is 3.46. The van der Waals surface area contributed by atoms with E-state index in [2.05, 4.69) is 0 Å². The molecule has 0 bridgehead atoms. The van der Waals surface area contributed by atoms with Crippen LogP contribution in [0.4, 0.5) is 0 Å². The fourth-order valence-electron chi connectivity index (χ4n) is 2.17. The van der Waals surface area contributed by atoms with Crippen molar-refractivity contribution in [3.63, 3.8) is 0 Å². The summed E-state index contributed by atoms with van der Waals surface area (Å²) in [6.07, 6.45) is 0. The Hall–Kier alpha value is -2.04. The zero-order chi connectivity index (χ0) is 14.0. The fraction of sp³-hybridized carbons (Fsp3) is 0.200. The summed E-state index contributed by atoms with van der Waals surface area (Å²) in [5.74, 6) is 0.364. The molecule has 0 aliphatic carbocycles. The molecule has 2 aromatic carbocycles. The molecule has 2 aromatic rings. The molecule has 4 nitrogen and oxygen atoms in total. The smallest absolute Gasteiger partial charge is 0.115 e. The van der Waals surface area contributed by atoms with Crippen molar-refractivity contribution in [2.45, 2.75) is 18.5 Å². The maximum atomic E-state index is 9.36. The standard InChI is InChI=1S/C15H18N2O2/c1-10(16)15(17,11-2-6-13(18)7-3-11)12-4-8-14(19)9-5-12/h2-10,18-19H,16-17H2,1H3. The molecule has 100 valence electrons. The SMILES string of the molecule is CC(N)C(N)(c1ccc(O)cc1)c1ccc(O)cc1. The molecule has 0 aromatic heterocycles. The van der Waals surface area contributed by atoms with Crippen LogP contribution in [0.3, 0.4) is 0 Å². The monoisotopic (exact) mass is 258 g/mol. The average molecular weight is 258 g/mol. The summed E-state index contributed by atoms with van der Waals surface area (Å²) in [4.78, 5) is 0. The highest BCUT2D eigenvalue weighted by Gasteiger charge is 2.33. The molecule has 0 fully saturated rings. The van der Waals surface area contributed by atoms with Crippen molar-refractivity contribution in [1.82, 2.24) is 0 Å². The Morgan fingerprint density at radius 3 is 1.42 bits per heavy atom. The highest BCUT2D eigenvalue weighted by molar-refractivity contribution is 5.43. The van der Waals surface area contributed by atoms with Crippen LogP contribution in [0.2, 0.25) is 0 Å². The summed E-state index contributed by atoms with van der Waals surface area (Å²) >= 11 is 0. The van der Waals surface area contributed by atoms with Crippen molar-refractivity contribution in [3.05, 3.63) is 59.7 Å². The van der Waals surface area contributed by atoms with Crippen molar-refractivity contribution >= 4 is 0 Å².